The Morgan fingerprint density at radius 1 is 1.10 bits per heavy atom. The quantitative estimate of drug-likeness (QED) is 0.455. The number of fused-ring (bicyclic) bond motifs is 1. The van der Waals surface area contributed by atoms with Crippen LogP contribution in [0.1, 0.15) is 15.9 Å². The van der Waals surface area contributed by atoms with E-state index in [1.807, 2.05) is 0 Å². The van der Waals surface area contributed by atoms with Crippen LogP contribution in [-0.2, 0) is 11.0 Å². The van der Waals surface area contributed by atoms with Gasteiger partial charge in [-0.1, -0.05) is 35.0 Å². The van der Waals surface area contributed by atoms with E-state index in [0.717, 1.165) is 28.4 Å². The molecule has 2 aromatic heterocycles. The van der Waals surface area contributed by atoms with Gasteiger partial charge in [0.2, 0.25) is 5.91 Å². The highest BCUT2D eigenvalue weighted by Gasteiger charge is 2.32. The number of alkyl halides is 3. The minimum Gasteiger partial charge on any atom is -0.276 e. The van der Waals surface area contributed by atoms with Gasteiger partial charge < -0.3 is 0 Å². The fourth-order valence-electron chi connectivity index (χ4n) is 2.15. The minimum absolute atomic E-state index is 0.0265. The van der Waals surface area contributed by atoms with Crippen LogP contribution in [0.15, 0.2) is 41.7 Å². The maximum Gasteiger partial charge on any atom is 0.417 e. The Labute approximate surface area is 175 Å². The van der Waals surface area contributed by atoms with Gasteiger partial charge in [0.1, 0.15) is 0 Å². The van der Waals surface area contributed by atoms with Crippen molar-refractivity contribution < 1.29 is 22.8 Å². The summed E-state index contributed by atoms with van der Waals surface area (Å²) in [6.07, 6.45) is -3.81. The summed E-state index contributed by atoms with van der Waals surface area (Å²) >= 11 is 12.4. The number of pyridine rings is 1. The first kappa shape index (κ1) is 21.2. The average molecular weight is 464 g/mol. The van der Waals surface area contributed by atoms with Crippen molar-refractivity contribution in [2.24, 2.45) is 0 Å². The normalized spacial score (nSPS) is 11.5. The SMILES string of the molecule is O=C(CSc1nnc2c(Cl)cc(C(F)(F)F)cn12)NNC(=O)c1ccc(Cl)cc1. The molecular formula is C16H10Cl2F3N5O2S. The van der Waals surface area contributed by atoms with Crippen molar-refractivity contribution in [3.05, 3.63) is 57.7 Å². The number of carbonyl (C=O) groups excluding carboxylic acids is 2. The Bertz CT molecular complexity index is 1070. The molecule has 0 saturated carbocycles. The van der Waals surface area contributed by atoms with E-state index in [1.165, 1.54) is 24.3 Å². The molecule has 2 heterocycles. The van der Waals surface area contributed by atoms with Crippen LogP contribution in [0.25, 0.3) is 5.65 Å². The van der Waals surface area contributed by atoms with E-state index in [9.17, 15) is 22.8 Å². The van der Waals surface area contributed by atoms with Crippen molar-refractivity contribution in [1.82, 2.24) is 25.4 Å². The zero-order chi connectivity index (χ0) is 21.2. The Balaban J connectivity index is 1.63. The first-order valence-corrected chi connectivity index (χ1v) is 9.48. The third-order valence-electron chi connectivity index (χ3n) is 3.51. The standard InChI is InChI=1S/C16H10Cl2F3N5O2S/c17-10-3-1-8(2-4-10)14(28)24-22-12(27)7-29-15-25-23-13-11(18)5-9(6-26(13)15)16(19,20)21/h1-6H,7H2,(H,22,27)(H,24,28). The molecule has 0 aliphatic heterocycles. The first-order valence-electron chi connectivity index (χ1n) is 7.74. The predicted molar refractivity (Wildman–Crippen MR) is 101 cm³/mol. The molecule has 0 aliphatic carbocycles. The van der Waals surface area contributed by atoms with Crippen molar-refractivity contribution in [3.63, 3.8) is 0 Å². The second-order valence-corrected chi connectivity index (χ2v) is 7.33. The maximum absolute atomic E-state index is 13.0. The van der Waals surface area contributed by atoms with Gasteiger partial charge >= 0.3 is 6.18 Å². The molecule has 0 bridgehead atoms. The van der Waals surface area contributed by atoms with Crippen LogP contribution in [0, 0.1) is 0 Å². The molecule has 0 atom stereocenters. The number of benzene rings is 1. The molecule has 0 saturated heterocycles. The van der Waals surface area contributed by atoms with Crippen LogP contribution in [-0.4, -0.2) is 32.2 Å². The second-order valence-electron chi connectivity index (χ2n) is 5.55. The summed E-state index contributed by atoms with van der Waals surface area (Å²) in [7, 11) is 0. The number of halogens is 5. The summed E-state index contributed by atoms with van der Waals surface area (Å²) in [5.74, 6) is -1.41. The highest BCUT2D eigenvalue weighted by molar-refractivity contribution is 7.99. The third-order valence-corrected chi connectivity index (χ3v) is 4.98. The number of carbonyl (C=O) groups is 2. The number of hydrogen-bond donors (Lipinski definition) is 2. The molecule has 0 spiro atoms. The van der Waals surface area contributed by atoms with Crippen molar-refractivity contribution in [2.75, 3.05) is 5.75 Å². The molecule has 2 amide bonds. The lowest BCUT2D eigenvalue weighted by Crippen LogP contribution is -2.42. The van der Waals surface area contributed by atoms with Crippen molar-refractivity contribution in [3.8, 4) is 0 Å². The second kappa shape index (κ2) is 8.47. The molecule has 13 heteroatoms. The van der Waals surface area contributed by atoms with Crippen molar-refractivity contribution >= 4 is 52.4 Å². The summed E-state index contributed by atoms with van der Waals surface area (Å²) in [6.45, 7) is 0. The van der Waals surface area contributed by atoms with Gasteiger partial charge in [-0.25, -0.2) is 0 Å². The number of hydrazine groups is 1. The third kappa shape index (κ3) is 5.11. The Morgan fingerprint density at radius 3 is 2.45 bits per heavy atom. The van der Waals surface area contributed by atoms with Gasteiger partial charge in [0, 0.05) is 16.8 Å². The van der Waals surface area contributed by atoms with Crippen LogP contribution < -0.4 is 10.9 Å². The van der Waals surface area contributed by atoms with Gasteiger partial charge in [-0.15, -0.1) is 10.2 Å². The molecule has 7 nitrogen and oxygen atoms in total. The van der Waals surface area contributed by atoms with Gasteiger partial charge in [-0.2, -0.15) is 13.2 Å². The molecule has 2 N–H and O–H groups in total. The molecular weight excluding hydrogens is 454 g/mol. The molecule has 3 rings (SSSR count). The highest BCUT2D eigenvalue weighted by Crippen LogP contribution is 2.33. The van der Waals surface area contributed by atoms with Gasteiger partial charge in [0.15, 0.2) is 10.8 Å². The van der Waals surface area contributed by atoms with E-state index in [1.54, 1.807) is 0 Å². The van der Waals surface area contributed by atoms with Gasteiger partial charge in [0.25, 0.3) is 5.91 Å². The molecule has 0 aliphatic rings. The van der Waals surface area contributed by atoms with Crippen LogP contribution in [0.2, 0.25) is 10.0 Å². The molecule has 0 fully saturated rings. The van der Waals surface area contributed by atoms with Crippen LogP contribution in [0.5, 0.6) is 0 Å². The summed E-state index contributed by atoms with van der Waals surface area (Å²) in [5.41, 5.74) is 3.74. The number of nitrogens with one attached hydrogen (secondary N) is 2. The minimum atomic E-state index is -4.60. The fourth-order valence-corrected chi connectivity index (χ4v) is 3.23. The van der Waals surface area contributed by atoms with E-state index >= 15 is 0 Å². The zero-order valence-electron chi connectivity index (χ0n) is 14.1. The molecule has 3 aromatic rings. The topological polar surface area (TPSA) is 88.4 Å². The largest absolute Gasteiger partial charge is 0.417 e. The van der Waals surface area contributed by atoms with Crippen LogP contribution >= 0.6 is 35.0 Å². The lowest BCUT2D eigenvalue weighted by atomic mass is 10.2. The smallest absolute Gasteiger partial charge is 0.276 e. The van der Waals surface area contributed by atoms with Crippen molar-refractivity contribution in [1.29, 1.82) is 0 Å². The average Bonchev–Trinajstić information content (AvgIpc) is 3.08. The number of rotatable bonds is 4. The monoisotopic (exact) mass is 463 g/mol. The first-order chi connectivity index (χ1) is 13.6. The van der Waals surface area contributed by atoms with E-state index in [2.05, 4.69) is 21.0 Å². The Hall–Kier alpha value is -2.50. The molecule has 1 aromatic carbocycles. The zero-order valence-corrected chi connectivity index (χ0v) is 16.5. The van der Waals surface area contributed by atoms with E-state index < -0.39 is 23.6 Å². The number of thioether (sulfide) groups is 1. The van der Waals surface area contributed by atoms with E-state index in [0.29, 0.717) is 5.02 Å². The van der Waals surface area contributed by atoms with Crippen LogP contribution in [0.4, 0.5) is 13.2 Å². The molecule has 0 unspecified atom stereocenters. The lowest BCUT2D eigenvalue weighted by Gasteiger charge is -2.09. The van der Waals surface area contributed by atoms with E-state index in [4.69, 9.17) is 23.2 Å². The highest BCUT2D eigenvalue weighted by atomic mass is 35.5. The molecule has 29 heavy (non-hydrogen) atoms. The van der Waals surface area contributed by atoms with E-state index in [-0.39, 0.29) is 27.1 Å². The summed E-state index contributed by atoms with van der Waals surface area (Å²) in [5, 5.41) is 7.73. The van der Waals surface area contributed by atoms with Gasteiger partial charge in [0.05, 0.1) is 16.3 Å². The van der Waals surface area contributed by atoms with Gasteiger partial charge in [-0.3, -0.25) is 24.8 Å². The number of aromatic nitrogens is 3. The summed E-state index contributed by atoms with van der Waals surface area (Å²) in [4.78, 5) is 23.8. The summed E-state index contributed by atoms with van der Waals surface area (Å²) < 4.78 is 39.9. The number of hydrogen-bond acceptors (Lipinski definition) is 5. The Kier molecular flexibility index (Phi) is 6.20. The molecule has 152 valence electrons. The molecule has 0 radical (unpaired) electrons. The van der Waals surface area contributed by atoms with Gasteiger partial charge in [-0.05, 0) is 30.3 Å². The fraction of sp³-hybridized carbons (Fsp3) is 0.125. The number of nitrogens with zero attached hydrogens (tertiary/aromatic N) is 3. The maximum atomic E-state index is 13.0. The Morgan fingerprint density at radius 2 is 1.79 bits per heavy atom. The lowest BCUT2D eigenvalue weighted by molar-refractivity contribution is -0.137. The number of amides is 2. The van der Waals surface area contributed by atoms with Crippen molar-refractivity contribution in [2.45, 2.75) is 11.3 Å². The predicted octanol–water partition coefficient (Wildman–Crippen LogP) is 3.61. The van der Waals surface area contributed by atoms with Crippen LogP contribution in [0.3, 0.4) is 0 Å². The summed E-state index contributed by atoms with van der Waals surface area (Å²) in [6, 6.07) is 6.74.